The second-order valence-corrected chi connectivity index (χ2v) is 6.15. The van der Waals surface area contributed by atoms with Crippen molar-refractivity contribution in [2.45, 2.75) is 0 Å². The minimum absolute atomic E-state index is 0.221. The average Bonchev–Trinajstić information content (AvgIpc) is 2.01. The van der Waals surface area contributed by atoms with Gasteiger partial charge >= 0.3 is 0 Å². The fourth-order valence-corrected chi connectivity index (χ4v) is 1.83. The van der Waals surface area contributed by atoms with Gasteiger partial charge in [-0.3, -0.25) is 0 Å². The number of hydrogen-bond donors (Lipinski definition) is 1. The van der Waals surface area contributed by atoms with Crippen molar-refractivity contribution >= 4 is 21.6 Å². The van der Waals surface area contributed by atoms with Gasteiger partial charge in [-0.1, -0.05) is 6.08 Å². The lowest BCUT2D eigenvalue weighted by molar-refractivity contribution is 0.598. The summed E-state index contributed by atoms with van der Waals surface area (Å²) in [4.78, 5) is 0. The highest BCUT2D eigenvalue weighted by atomic mass is 32.2. The topological polar surface area (TPSA) is 46.2 Å². The Labute approximate surface area is 84.9 Å². The normalized spacial score (nSPS) is 11.5. The van der Waals surface area contributed by atoms with Gasteiger partial charge in [-0.25, -0.2) is 8.42 Å². The van der Waals surface area contributed by atoms with E-state index in [0.29, 0.717) is 6.54 Å². The van der Waals surface area contributed by atoms with Crippen LogP contribution in [0.15, 0.2) is 12.7 Å². The van der Waals surface area contributed by atoms with Crippen molar-refractivity contribution in [3.05, 3.63) is 12.7 Å². The number of hydrogen-bond acceptors (Lipinski definition) is 4. The highest BCUT2D eigenvalue weighted by Gasteiger charge is 1.99. The Kier molecular flexibility index (Phi) is 7.41. The summed E-state index contributed by atoms with van der Waals surface area (Å²) in [5, 5.41) is 3.07. The molecule has 1 N–H and O–H groups in total. The first-order valence-electron chi connectivity index (χ1n) is 4.13. The first-order chi connectivity index (χ1) is 6.06. The summed E-state index contributed by atoms with van der Waals surface area (Å²) in [6, 6.07) is 0. The molecule has 0 radical (unpaired) electrons. The van der Waals surface area contributed by atoms with E-state index in [1.54, 1.807) is 11.8 Å². The van der Waals surface area contributed by atoms with E-state index in [2.05, 4.69) is 11.9 Å². The van der Waals surface area contributed by atoms with Crippen LogP contribution in [0.5, 0.6) is 0 Å². The van der Waals surface area contributed by atoms with Crippen molar-refractivity contribution < 1.29 is 8.42 Å². The Balaban J connectivity index is 3.13. The molecule has 13 heavy (non-hydrogen) atoms. The summed E-state index contributed by atoms with van der Waals surface area (Å²) < 4.78 is 21.4. The molecule has 78 valence electrons. The fraction of sp³-hybridized carbons (Fsp3) is 0.750. The highest BCUT2D eigenvalue weighted by Crippen LogP contribution is 1.96. The number of rotatable bonds is 8. The van der Waals surface area contributed by atoms with Gasteiger partial charge in [0.1, 0.15) is 9.84 Å². The van der Waals surface area contributed by atoms with Crippen LogP contribution in [0, 0.1) is 0 Å². The van der Waals surface area contributed by atoms with E-state index in [-0.39, 0.29) is 5.75 Å². The zero-order chi connectivity index (χ0) is 10.2. The van der Waals surface area contributed by atoms with E-state index < -0.39 is 9.84 Å². The second-order valence-electron chi connectivity index (χ2n) is 2.74. The maximum Gasteiger partial charge on any atom is 0.148 e. The van der Waals surface area contributed by atoms with Crippen molar-refractivity contribution in [2.75, 3.05) is 36.6 Å². The largest absolute Gasteiger partial charge is 0.315 e. The molecule has 0 atom stereocenters. The van der Waals surface area contributed by atoms with Gasteiger partial charge in [0.15, 0.2) is 0 Å². The lowest BCUT2D eigenvalue weighted by atomic mass is 10.7. The quantitative estimate of drug-likeness (QED) is 0.482. The van der Waals surface area contributed by atoms with E-state index >= 15 is 0 Å². The van der Waals surface area contributed by atoms with E-state index in [1.807, 2.05) is 6.08 Å². The zero-order valence-electron chi connectivity index (χ0n) is 7.95. The maximum atomic E-state index is 10.7. The summed E-state index contributed by atoms with van der Waals surface area (Å²) in [5.74, 6) is 2.17. The summed E-state index contributed by atoms with van der Waals surface area (Å²) in [6.07, 6.45) is 3.11. The fourth-order valence-electron chi connectivity index (χ4n) is 0.694. The Hall–Kier alpha value is -0.0000000000000000555. The van der Waals surface area contributed by atoms with Crippen LogP contribution in [-0.4, -0.2) is 45.0 Å². The molecule has 3 nitrogen and oxygen atoms in total. The predicted molar refractivity (Wildman–Crippen MR) is 60.1 cm³/mol. The monoisotopic (exact) mass is 223 g/mol. The zero-order valence-corrected chi connectivity index (χ0v) is 9.59. The lowest BCUT2D eigenvalue weighted by Gasteiger charge is -2.02. The van der Waals surface area contributed by atoms with Crippen LogP contribution in [0.4, 0.5) is 0 Å². The molecule has 0 fully saturated rings. The van der Waals surface area contributed by atoms with Crippen LogP contribution in [0.25, 0.3) is 0 Å². The molecule has 0 heterocycles. The summed E-state index contributed by atoms with van der Waals surface area (Å²) >= 11 is 1.78. The van der Waals surface area contributed by atoms with Crippen LogP contribution >= 0.6 is 11.8 Å². The van der Waals surface area contributed by atoms with Crippen LogP contribution in [0.2, 0.25) is 0 Å². The average molecular weight is 223 g/mol. The van der Waals surface area contributed by atoms with Crippen molar-refractivity contribution in [3.8, 4) is 0 Å². The molecule has 5 heteroatoms. The van der Waals surface area contributed by atoms with Gasteiger partial charge < -0.3 is 5.32 Å². The first kappa shape index (κ1) is 13.0. The van der Waals surface area contributed by atoms with Crippen molar-refractivity contribution in [2.24, 2.45) is 0 Å². The molecule has 0 rings (SSSR count). The Morgan fingerprint density at radius 2 is 2.15 bits per heavy atom. The molecule has 0 aliphatic carbocycles. The third-order valence-electron chi connectivity index (χ3n) is 1.31. The second kappa shape index (κ2) is 7.41. The Bertz CT molecular complexity index is 224. The van der Waals surface area contributed by atoms with Crippen molar-refractivity contribution in [1.82, 2.24) is 5.32 Å². The molecular formula is C8H17NO2S2. The van der Waals surface area contributed by atoms with Gasteiger partial charge in [0.2, 0.25) is 0 Å². The van der Waals surface area contributed by atoms with Gasteiger partial charge in [-0.2, -0.15) is 11.8 Å². The Morgan fingerprint density at radius 1 is 1.46 bits per heavy atom. The van der Waals surface area contributed by atoms with Gasteiger partial charge in [0.25, 0.3) is 0 Å². The molecule has 0 saturated carbocycles. The van der Waals surface area contributed by atoms with Gasteiger partial charge in [-0.15, -0.1) is 6.58 Å². The third kappa shape index (κ3) is 12.0. The van der Waals surface area contributed by atoms with Gasteiger partial charge in [0.05, 0.1) is 5.75 Å². The molecular weight excluding hydrogens is 206 g/mol. The molecule has 0 amide bonds. The predicted octanol–water partition coefficient (Wildman–Crippen LogP) is 0.540. The standard InChI is InChI=1S/C8H17NO2S2/c1-3-6-12-7-4-9-5-8-13(2,10)11/h3,9H,1,4-8H2,2H3. The molecule has 0 bridgehead atoms. The summed E-state index contributed by atoms with van der Waals surface area (Å²) in [7, 11) is -2.81. The number of sulfone groups is 1. The smallest absolute Gasteiger partial charge is 0.148 e. The van der Waals surface area contributed by atoms with Gasteiger partial charge in [0, 0.05) is 30.9 Å². The van der Waals surface area contributed by atoms with E-state index in [9.17, 15) is 8.42 Å². The minimum Gasteiger partial charge on any atom is -0.315 e. The third-order valence-corrected chi connectivity index (χ3v) is 3.22. The molecule has 0 aromatic carbocycles. The van der Waals surface area contributed by atoms with Gasteiger partial charge in [-0.05, 0) is 0 Å². The minimum atomic E-state index is -2.81. The summed E-state index contributed by atoms with van der Waals surface area (Å²) in [5.41, 5.74) is 0. The number of thioether (sulfide) groups is 1. The molecule has 0 aliphatic rings. The molecule has 0 aromatic rings. The van der Waals surface area contributed by atoms with Crippen LogP contribution < -0.4 is 5.32 Å². The van der Waals surface area contributed by atoms with Crippen LogP contribution in [0.1, 0.15) is 0 Å². The van der Waals surface area contributed by atoms with E-state index in [1.165, 1.54) is 6.26 Å². The van der Waals surface area contributed by atoms with E-state index in [4.69, 9.17) is 0 Å². The molecule has 0 spiro atoms. The lowest BCUT2D eigenvalue weighted by Crippen LogP contribution is -2.24. The number of nitrogens with one attached hydrogen (secondary N) is 1. The van der Waals surface area contributed by atoms with Crippen LogP contribution in [-0.2, 0) is 9.84 Å². The Morgan fingerprint density at radius 3 is 2.69 bits per heavy atom. The van der Waals surface area contributed by atoms with Crippen molar-refractivity contribution in [1.29, 1.82) is 0 Å². The van der Waals surface area contributed by atoms with E-state index in [0.717, 1.165) is 18.1 Å². The first-order valence-corrected chi connectivity index (χ1v) is 7.35. The van der Waals surface area contributed by atoms with Crippen LogP contribution in [0.3, 0.4) is 0 Å². The summed E-state index contributed by atoms with van der Waals surface area (Å²) in [6.45, 7) is 5.01. The van der Waals surface area contributed by atoms with Crippen molar-refractivity contribution in [3.63, 3.8) is 0 Å². The molecule has 0 saturated heterocycles. The molecule has 0 aliphatic heterocycles. The highest BCUT2D eigenvalue weighted by molar-refractivity contribution is 7.99. The maximum absolute atomic E-state index is 10.7. The molecule has 0 aromatic heterocycles. The molecule has 0 unspecified atom stereocenters. The SMILES string of the molecule is C=CCSCCNCCS(C)(=O)=O.